The molecule has 0 fully saturated rings. The Hall–Kier alpha value is -2.81. The molecule has 1 N–H and O–H groups in total. The number of nitrogens with one attached hydrogen (secondary N) is 1. The van der Waals surface area contributed by atoms with Gasteiger partial charge >= 0.3 is 0 Å². The topological polar surface area (TPSA) is 92.1 Å². The van der Waals surface area contributed by atoms with Gasteiger partial charge in [0.05, 0.1) is 11.5 Å². The van der Waals surface area contributed by atoms with Crippen LogP contribution in [0.25, 0.3) is 0 Å². The third-order valence-corrected chi connectivity index (χ3v) is 2.63. The Morgan fingerprint density at radius 1 is 1.42 bits per heavy atom. The Kier molecular flexibility index (Phi) is 3.48. The molecular formula is C13H11N3O3. The van der Waals surface area contributed by atoms with Crippen LogP contribution in [0.15, 0.2) is 34.7 Å². The number of hydrogen-bond donors (Lipinski definition) is 1. The first kappa shape index (κ1) is 12.6. The third kappa shape index (κ3) is 2.90. The Balaban J connectivity index is 2.06. The normalized spacial score (nSPS) is 9.89. The van der Waals surface area contributed by atoms with Crippen molar-refractivity contribution in [2.24, 2.45) is 0 Å². The molecule has 0 atom stereocenters. The van der Waals surface area contributed by atoms with E-state index in [-0.39, 0.29) is 11.4 Å². The summed E-state index contributed by atoms with van der Waals surface area (Å²) in [7, 11) is 0. The van der Waals surface area contributed by atoms with E-state index in [0.717, 1.165) is 5.69 Å². The first-order chi connectivity index (χ1) is 9.10. The molecule has 0 aliphatic rings. The van der Waals surface area contributed by atoms with Crippen LogP contribution in [0.4, 0.5) is 11.4 Å². The summed E-state index contributed by atoms with van der Waals surface area (Å²) in [5.41, 5.74) is 1.44. The monoisotopic (exact) mass is 257 g/mol. The van der Waals surface area contributed by atoms with E-state index in [0.29, 0.717) is 17.9 Å². The van der Waals surface area contributed by atoms with E-state index in [1.807, 2.05) is 6.07 Å². The minimum Gasteiger partial charge on any atom is -0.449 e. The van der Waals surface area contributed by atoms with Crippen molar-refractivity contribution >= 4 is 11.4 Å². The molecular weight excluding hydrogens is 246 g/mol. The van der Waals surface area contributed by atoms with Gasteiger partial charge in [-0.3, -0.25) is 10.1 Å². The van der Waals surface area contributed by atoms with Crippen molar-refractivity contribution in [2.75, 3.05) is 5.32 Å². The van der Waals surface area contributed by atoms with Gasteiger partial charge in [0, 0.05) is 17.3 Å². The van der Waals surface area contributed by atoms with Gasteiger partial charge in [0.2, 0.25) is 5.76 Å². The Morgan fingerprint density at radius 2 is 2.21 bits per heavy atom. The van der Waals surface area contributed by atoms with Crippen LogP contribution in [0, 0.1) is 28.4 Å². The quantitative estimate of drug-likeness (QED) is 0.671. The van der Waals surface area contributed by atoms with Crippen LogP contribution < -0.4 is 5.32 Å². The van der Waals surface area contributed by atoms with E-state index in [4.69, 9.17) is 9.68 Å². The number of nitro benzene ring substituents is 1. The fourth-order valence-corrected chi connectivity index (χ4v) is 1.69. The summed E-state index contributed by atoms with van der Waals surface area (Å²) in [4.78, 5) is 10.3. The van der Waals surface area contributed by atoms with Crippen molar-refractivity contribution in [3.05, 3.63) is 57.5 Å². The van der Waals surface area contributed by atoms with Gasteiger partial charge in [0.25, 0.3) is 5.69 Å². The zero-order chi connectivity index (χ0) is 13.8. The van der Waals surface area contributed by atoms with Gasteiger partial charge in [-0.2, -0.15) is 5.26 Å². The van der Waals surface area contributed by atoms with E-state index in [2.05, 4.69) is 5.32 Å². The number of nitrogens with zero attached hydrogens (tertiary/aromatic N) is 2. The lowest BCUT2D eigenvalue weighted by Crippen LogP contribution is -1.99. The summed E-state index contributed by atoms with van der Waals surface area (Å²) < 4.78 is 5.21. The smallest absolute Gasteiger partial charge is 0.272 e. The molecule has 1 heterocycles. The van der Waals surface area contributed by atoms with Crippen LogP contribution in [0.1, 0.15) is 17.1 Å². The standard InChI is InChI=1S/C13H11N3O3/c1-9-6-10(2-5-13(9)16(17)18)15-8-12-4-3-11(7-14)19-12/h2-6,15H,8H2,1H3. The van der Waals surface area contributed by atoms with E-state index in [9.17, 15) is 10.1 Å². The third-order valence-electron chi connectivity index (χ3n) is 2.63. The highest BCUT2D eigenvalue weighted by atomic mass is 16.6. The molecule has 19 heavy (non-hydrogen) atoms. The molecule has 1 aromatic carbocycles. The molecule has 2 aromatic rings. The molecule has 0 aliphatic heterocycles. The Labute approximate surface area is 109 Å². The van der Waals surface area contributed by atoms with E-state index in [1.165, 1.54) is 6.07 Å². The molecule has 0 aliphatic carbocycles. The van der Waals surface area contributed by atoms with Crippen LogP contribution in [0.5, 0.6) is 0 Å². The van der Waals surface area contributed by atoms with Crippen LogP contribution in [0.3, 0.4) is 0 Å². The summed E-state index contributed by atoms with van der Waals surface area (Å²) in [5, 5.41) is 22.4. The predicted molar refractivity (Wildman–Crippen MR) is 68.6 cm³/mol. The molecule has 2 rings (SSSR count). The van der Waals surface area contributed by atoms with Gasteiger partial charge in [-0.15, -0.1) is 0 Å². The van der Waals surface area contributed by atoms with E-state index in [1.54, 1.807) is 31.2 Å². The molecule has 0 spiro atoms. The summed E-state index contributed by atoms with van der Waals surface area (Å²) in [5.74, 6) is 0.893. The van der Waals surface area contributed by atoms with E-state index < -0.39 is 4.92 Å². The number of furan rings is 1. The van der Waals surface area contributed by atoms with Crippen molar-refractivity contribution in [3.8, 4) is 6.07 Å². The maximum Gasteiger partial charge on any atom is 0.272 e. The Bertz CT molecular complexity index is 655. The number of aryl methyl sites for hydroxylation is 1. The molecule has 0 saturated heterocycles. The van der Waals surface area contributed by atoms with E-state index >= 15 is 0 Å². The average molecular weight is 257 g/mol. The van der Waals surface area contributed by atoms with Gasteiger partial charge in [-0.05, 0) is 31.2 Å². The summed E-state index contributed by atoms with van der Waals surface area (Å²) in [6.45, 7) is 2.10. The largest absolute Gasteiger partial charge is 0.449 e. The SMILES string of the molecule is Cc1cc(NCc2ccc(C#N)o2)ccc1[N+](=O)[O-]. The molecule has 96 valence electrons. The minimum atomic E-state index is -0.412. The van der Waals surface area contributed by atoms with Crippen molar-refractivity contribution in [1.82, 2.24) is 0 Å². The minimum absolute atomic E-state index is 0.0929. The number of anilines is 1. The van der Waals surface area contributed by atoms with Crippen molar-refractivity contribution in [2.45, 2.75) is 13.5 Å². The van der Waals surface area contributed by atoms with Crippen LogP contribution in [-0.2, 0) is 6.54 Å². The zero-order valence-electron chi connectivity index (χ0n) is 10.2. The number of rotatable bonds is 4. The first-order valence-electron chi connectivity index (χ1n) is 5.58. The molecule has 0 saturated carbocycles. The maximum atomic E-state index is 10.7. The number of nitro groups is 1. The highest BCUT2D eigenvalue weighted by Gasteiger charge is 2.10. The summed E-state index contributed by atoms with van der Waals surface area (Å²) in [6, 6.07) is 10.0. The lowest BCUT2D eigenvalue weighted by Gasteiger charge is -2.05. The molecule has 6 heteroatoms. The molecule has 6 nitrogen and oxygen atoms in total. The van der Waals surface area contributed by atoms with Gasteiger partial charge in [0.1, 0.15) is 11.8 Å². The van der Waals surface area contributed by atoms with Gasteiger partial charge in [0.15, 0.2) is 0 Å². The lowest BCUT2D eigenvalue weighted by molar-refractivity contribution is -0.385. The van der Waals surface area contributed by atoms with Crippen molar-refractivity contribution in [3.63, 3.8) is 0 Å². The lowest BCUT2D eigenvalue weighted by atomic mass is 10.2. The number of benzene rings is 1. The van der Waals surface area contributed by atoms with Gasteiger partial charge < -0.3 is 9.73 Å². The maximum absolute atomic E-state index is 10.7. The second-order valence-corrected chi connectivity index (χ2v) is 3.99. The van der Waals surface area contributed by atoms with Crippen LogP contribution in [-0.4, -0.2) is 4.92 Å². The average Bonchev–Trinajstić information content (AvgIpc) is 2.84. The highest BCUT2D eigenvalue weighted by Crippen LogP contribution is 2.22. The first-order valence-corrected chi connectivity index (χ1v) is 5.58. The van der Waals surface area contributed by atoms with Crippen LogP contribution >= 0.6 is 0 Å². The number of hydrogen-bond acceptors (Lipinski definition) is 5. The van der Waals surface area contributed by atoms with Crippen molar-refractivity contribution in [1.29, 1.82) is 5.26 Å². The van der Waals surface area contributed by atoms with Gasteiger partial charge in [-0.25, -0.2) is 0 Å². The second-order valence-electron chi connectivity index (χ2n) is 3.99. The fourth-order valence-electron chi connectivity index (χ4n) is 1.69. The summed E-state index contributed by atoms with van der Waals surface area (Å²) in [6.07, 6.45) is 0. The highest BCUT2D eigenvalue weighted by molar-refractivity contribution is 5.53. The molecule has 0 bridgehead atoms. The Morgan fingerprint density at radius 3 is 2.79 bits per heavy atom. The fraction of sp³-hybridized carbons (Fsp3) is 0.154. The molecule has 0 amide bonds. The molecule has 0 unspecified atom stereocenters. The second kappa shape index (κ2) is 5.23. The number of nitriles is 1. The van der Waals surface area contributed by atoms with Gasteiger partial charge in [-0.1, -0.05) is 0 Å². The zero-order valence-corrected chi connectivity index (χ0v) is 10.2. The molecule has 1 aromatic heterocycles. The summed E-state index contributed by atoms with van der Waals surface area (Å²) >= 11 is 0. The van der Waals surface area contributed by atoms with Crippen LogP contribution in [0.2, 0.25) is 0 Å². The molecule has 0 radical (unpaired) electrons. The predicted octanol–water partition coefficient (Wildman–Crippen LogP) is 2.98. The van der Waals surface area contributed by atoms with Crippen molar-refractivity contribution < 1.29 is 9.34 Å².